The van der Waals surface area contributed by atoms with Gasteiger partial charge in [0.2, 0.25) is 0 Å². The first kappa shape index (κ1) is 16.5. The van der Waals surface area contributed by atoms with Crippen LogP contribution in [0.15, 0.2) is 0 Å². The average Bonchev–Trinajstić information content (AvgIpc) is 2.56. The summed E-state index contributed by atoms with van der Waals surface area (Å²) in [5.74, 6) is -2.98. The molecule has 0 N–H and O–H groups in total. The lowest BCUT2D eigenvalue weighted by Gasteiger charge is -2.20. The van der Waals surface area contributed by atoms with Gasteiger partial charge in [-0.15, -0.1) is 9.40 Å². The molecule has 0 aromatic carbocycles. The first-order valence-corrected chi connectivity index (χ1v) is 7.03. The van der Waals surface area contributed by atoms with Crippen LogP contribution in [0.1, 0.15) is 27.2 Å². The van der Waals surface area contributed by atoms with Crippen LogP contribution in [-0.2, 0) is 38.6 Å². The number of rotatable bonds is 4. The van der Waals surface area contributed by atoms with Crippen LogP contribution in [0.25, 0.3) is 0 Å². The van der Waals surface area contributed by atoms with E-state index in [0.29, 0.717) is 0 Å². The van der Waals surface area contributed by atoms with Crippen molar-refractivity contribution in [3.8, 4) is 0 Å². The molecule has 0 aliphatic carbocycles. The number of hydroxylamine groups is 2. The van der Waals surface area contributed by atoms with Crippen molar-refractivity contribution in [3.63, 3.8) is 0 Å². The molecule has 0 bridgehead atoms. The van der Waals surface area contributed by atoms with E-state index < -0.39 is 45.0 Å². The third-order valence-electron chi connectivity index (χ3n) is 2.36. The fourth-order valence-electron chi connectivity index (χ4n) is 1.27. The van der Waals surface area contributed by atoms with E-state index in [1.165, 1.54) is 20.8 Å². The Hall–Kier alpha value is -1.52. The molecule has 0 spiro atoms. The molecule has 0 saturated carbocycles. The highest BCUT2D eigenvalue weighted by Crippen LogP contribution is 2.24. The predicted octanol–water partition coefficient (Wildman–Crippen LogP) is -0.474. The summed E-state index contributed by atoms with van der Waals surface area (Å²) < 4.78 is 27.0. The maximum atomic E-state index is 11.8. The second-order valence-corrected chi connectivity index (χ2v) is 6.77. The van der Waals surface area contributed by atoms with E-state index in [0.717, 1.165) is 7.11 Å². The normalized spacial score (nSPS) is 20.4. The molecule has 0 aromatic heterocycles. The van der Waals surface area contributed by atoms with Crippen molar-refractivity contribution in [2.24, 2.45) is 5.41 Å². The van der Waals surface area contributed by atoms with E-state index in [-0.39, 0.29) is 5.06 Å². The number of hydrogen-bond donors (Lipinski definition) is 0. The van der Waals surface area contributed by atoms with Crippen molar-refractivity contribution in [2.75, 3.05) is 7.11 Å². The Morgan fingerprint density at radius 1 is 1.30 bits per heavy atom. The van der Waals surface area contributed by atoms with E-state index >= 15 is 0 Å². The molecule has 10 heteroatoms. The first-order chi connectivity index (χ1) is 9.00. The monoisotopic (exact) mass is 309 g/mol. The summed E-state index contributed by atoms with van der Waals surface area (Å²) in [6, 6.07) is 0. The molecule has 1 heterocycles. The first-order valence-electron chi connectivity index (χ1n) is 5.56. The van der Waals surface area contributed by atoms with Gasteiger partial charge in [-0.3, -0.25) is 9.59 Å². The average molecular weight is 309 g/mol. The van der Waals surface area contributed by atoms with Crippen LogP contribution in [-0.4, -0.2) is 43.6 Å². The van der Waals surface area contributed by atoms with Crippen LogP contribution in [0.2, 0.25) is 0 Å². The minimum Gasteiger partial charge on any atom is -0.330 e. The Morgan fingerprint density at radius 2 is 1.85 bits per heavy atom. The molecular weight excluding hydrogens is 294 g/mol. The fourth-order valence-corrected chi connectivity index (χ4v) is 2.24. The molecule has 9 nitrogen and oxygen atoms in total. The summed E-state index contributed by atoms with van der Waals surface area (Å²) in [5.41, 5.74) is -0.958. The van der Waals surface area contributed by atoms with Crippen molar-refractivity contribution >= 4 is 27.9 Å². The number of hydrogen-bond acceptors (Lipinski definition) is 8. The molecule has 0 aromatic rings. The van der Waals surface area contributed by atoms with Crippen LogP contribution >= 0.6 is 0 Å². The summed E-state index contributed by atoms with van der Waals surface area (Å²) in [7, 11) is -3.48. The highest BCUT2D eigenvalue weighted by atomic mass is 32.2. The minimum atomic E-state index is -4.42. The van der Waals surface area contributed by atoms with Crippen molar-refractivity contribution in [3.05, 3.63) is 0 Å². The van der Waals surface area contributed by atoms with Crippen LogP contribution in [0, 0.1) is 5.41 Å². The molecule has 0 radical (unpaired) electrons. The van der Waals surface area contributed by atoms with Crippen LogP contribution in [0.5, 0.6) is 0 Å². The van der Waals surface area contributed by atoms with Crippen LogP contribution in [0.3, 0.4) is 0 Å². The van der Waals surface area contributed by atoms with Gasteiger partial charge in [0.05, 0.1) is 18.9 Å². The van der Waals surface area contributed by atoms with Crippen molar-refractivity contribution < 1.29 is 36.9 Å². The van der Waals surface area contributed by atoms with Gasteiger partial charge in [-0.1, -0.05) is 0 Å². The number of imide groups is 1. The Balaban J connectivity index is 2.91. The van der Waals surface area contributed by atoms with E-state index in [9.17, 15) is 22.8 Å². The Morgan fingerprint density at radius 3 is 2.30 bits per heavy atom. The molecule has 114 valence electrons. The van der Waals surface area contributed by atoms with Gasteiger partial charge >= 0.3 is 16.1 Å². The summed E-state index contributed by atoms with van der Waals surface area (Å²) in [5, 5.41) is -1.64. The number of nitrogens with zero attached hydrogens (tertiary/aromatic N) is 1. The van der Waals surface area contributed by atoms with Crippen LogP contribution in [0.4, 0.5) is 0 Å². The van der Waals surface area contributed by atoms with E-state index in [2.05, 4.69) is 14.1 Å². The maximum Gasteiger partial charge on any atom is 0.338 e. The lowest BCUT2D eigenvalue weighted by atomic mass is 9.98. The molecule has 1 unspecified atom stereocenters. The standard InChI is InChI=1S/C10H15NO8S/c1-10(2,3)9(14)18-11-7(12)5-6(8(11)13)20(15,16)19-17-4/h6H,5H2,1-4H3. The molecule has 1 aliphatic rings. The maximum absolute atomic E-state index is 11.8. The van der Waals surface area contributed by atoms with E-state index in [4.69, 9.17) is 0 Å². The number of amides is 2. The lowest BCUT2D eigenvalue weighted by molar-refractivity contribution is -0.203. The van der Waals surface area contributed by atoms with Crippen molar-refractivity contribution in [2.45, 2.75) is 32.4 Å². The quantitative estimate of drug-likeness (QED) is 0.388. The zero-order chi connectivity index (χ0) is 15.7. The second kappa shape index (κ2) is 5.46. The smallest absolute Gasteiger partial charge is 0.330 e. The van der Waals surface area contributed by atoms with Crippen molar-refractivity contribution in [1.29, 1.82) is 0 Å². The predicted molar refractivity (Wildman–Crippen MR) is 62.8 cm³/mol. The molecule has 1 rings (SSSR count). The minimum absolute atomic E-state index is 0.148. The van der Waals surface area contributed by atoms with Gasteiger partial charge in [-0.25, -0.2) is 9.68 Å². The zero-order valence-electron chi connectivity index (χ0n) is 11.4. The van der Waals surface area contributed by atoms with Gasteiger partial charge < -0.3 is 4.84 Å². The summed E-state index contributed by atoms with van der Waals surface area (Å²) in [4.78, 5) is 43.6. The highest BCUT2D eigenvalue weighted by Gasteiger charge is 2.50. The van der Waals surface area contributed by atoms with Gasteiger partial charge in [-0.05, 0) is 20.8 Å². The molecule has 1 fully saturated rings. The van der Waals surface area contributed by atoms with E-state index in [1.54, 1.807) is 0 Å². The third kappa shape index (κ3) is 3.32. The second-order valence-electron chi connectivity index (χ2n) is 5.08. The molecule has 1 aliphatic heterocycles. The SMILES string of the molecule is COOS(=O)(=O)C1CC(=O)N(OC(=O)C(C)(C)C)C1=O. The zero-order valence-corrected chi connectivity index (χ0v) is 12.2. The fraction of sp³-hybridized carbons (Fsp3) is 0.700. The highest BCUT2D eigenvalue weighted by molar-refractivity contribution is 7.88. The number of carbonyl (C=O) groups is 3. The van der Waals surface area contributed by atoms with Gasteiger partial charge in [0.1, 0.15) is 0 Å². The summed E-state index contributed by atoms with van der Waals surface area (Å²) in [6.45, 7) is 4.55. The molecule has 1 saturated heterocycles. The topological polar surface area (TPSA) is 116 Å². The lowest BCUT2D eigenvalue weighted by Crippen LogP contribution is -2.39. The Kier molecular flexibility index (Phi) is 4.52. The van der Waals surface area contributed by atoms with Crippen LogP contribution < -0.4 is 0 Å². The van der Waals surface area contributed by atoms with Gasteiger partial charge in [0, 0.05) is 0 Å². The van der Waals surface area contributed by atoms with Gasteiger partial charge in [-0.2, -0.15) is 8.42 Å². The summed E-state index contributed by atoms with van der Waals surface area (Å²) >= 11 is 0. The molecule has 1 atom stereocenters. The Labute approximate surface area is 115 Å². The summed E-state index contributed by atoms with van der Waals surface area (Å²) in [6.07, 6.45) is -0.679. The molecular formula is C10H15NO8S. The van der Waals surface area contributed by atoms with Crippen molar-refractivity contribution in [1.82, 2.24) is 5.06 Å². The van der Waals surface area contributed by atoms with E-state index in [1.807, 2.05) is 0 Å². The third-order valence-corrected chi connectivity index (χ3v) is 3.75. The largest absolute Gasteiger partial charge is 0.338 e. The Bertz CT molecular complexity index is 532. The molecule has 2 amide bonds. The number of carbonyl (C=O) groups excluding carboxylic acids is 3. The van der Waals surface area contributed by atoms with Gasteiger partial charge in [0.25, 0.3) is 11.8 Å². The van der Waals surface area contributed by atoms with Gasteiger partial charge in [0.15, 0.2) is 5.25 Å². The molecule has 20 heavy (non-hydrogen) atoms.